The number of halogens is 1. The molecule has 140 valence electrons. The van der Waals surface area contributed by atoms with Gasteiger partial charge in [-0.2, -0.15) is 0 Å². The number of aromatic nitrogens is 3. The average molecular weight is 374 g/mol. The molecule has 0 fully saturated rings. The molecular formula is C16H15FN6O4. The van der Waals surface area contributed by atoms with E-state index in [1.165, 1.54) is 9.08 Å². The quantitative estimate of drug-likeness (QED) is 0.285. The molecule has 2 heterocycles. The van der Waals surface area contributed by atoms with Gasteiger partial charge in [-0.25, -0.2) is 13.9 Å². The monoisotopic (exact) mass is 374 g/mol. The van der Waals surface area contributed by atoms with Gasteiger partial charge in [-0.05, 0) is 24.6 Å². The Labute approximate surface area is 151 Å². The minimum Gasteiger partial charge on any atom is -0.393 e. The van der Waals surface area contributed by atoms with Gasteiger partial charge in [-0.3, -0.25) is 19.3 Å². The number of aryl methyl sites for hydroxylation is 1. The van der Waals surface area contributed by atoms with Crippen LogP contribution in [0, 0.1) is 15.9 Å². The van der Waals surface area contributed by atoms with Crippen LogP contribution in [0.3, 0.4) is 0 Å². The van der Waals surface area contributed by atoms with Crippen molar-refractivity contribution in [1.82, 2.24) is 19.5 Å². The summed E-state index contributed by atoms with van der Waals surface area (Å²) in [7, 11) is 0. The number of anilines is 1. The lowest BCUT2D eigenvalue weighted by atomic mass is 10.1. The number of rotatable bonds is 6. The maximum absolute atomic E-state index is 13.5. The van der Waals surface area contributed by atoms with E-state index in [0.29, 0.717) is 18.1 Å². The van der Waals surface area contributed by atoms with Crippen molar-refractivity contribution >= 4 is 22.9 Å². The summed E-state index contributed by atoms with van der Waals surface area (Å²) in [5, 5.41) is 17.5. The van der Waals surface area contributed by atoms with E-state index in [1.807, 2.05) is 0 Å². The van der Waals surface area contributed by atoms with Gasteiger partial charge in [-0.1, -0.05) is 6.07 Å². The highest BCUT2D eigenvalue weighted by Gasteiger charge is 2.21. The summed E-state index contributed by atoms with van der Waals surface area (Å²) in [6, 6.07) is 6.66. The summed E-state index contributed by atoms with van der Waals surface area (Å²) in [5.41, 5.74) is 4.40. The Morgan fingerprint density at radius 1 is 1.37 bits per heavy atom. The van der Waals surface area contributed by atoms with Crippen LogP contribution in [-0.2, 0) is 6.54 Å². The zero-order valence-corrected chi connectivity index (χ0v) is 14.0. The standard InChI is InChI=1S/C16H15FN6O4/c17-10-8-11(14(18)12(9-10)23(26)27)15(24)19-5-3-7-22-16(25)21-6-2-1-4-13(21)20-22/h1-2,4,6,8-9H,3,5,7,18H2,(H,19,24). The molecule has 0 bridgehead atoms. The third-order valence-corrected chi connectivity index (χ3v) is 3.88. The van der Waals surface area contributed by atoms with Gasteiger partial charge >= 0.3 is 5.69 Å². The molecule has 0 atom stereocenters. The van der Waals surface area contributed by atoms with Gasteiger partial charge in [0.2, 0.25) is 0 Å². The number of nitro groups is 1. The SMILES string of the molecule is Nc1c(C(=O)NCCCn2nc3ccccn3c2=O)cc(F)cc1[N+](=O)[O-]. The number of benzene rings is 1. The van der Waals surface area contributed by atoms with Gasteiger partial charge in [0.25, 0.3) is 11.6 Å². The number of amides is 1. The highest BCUT2D eigenvalue weighted by molar-refractivity contribution is 6.01. The molecule has 11 heteroatoms. The van der Waals surface area contributed by atoms with E-state index in [9.17, 15) is 24.1 Å². The van der Waals surface area contributed by atoms with Crippen molar-refractivity contribution in [3.63, 3.8) is 0 Å². The zero-order valence-electron chi connectivity index (χ0n) is 14.0. The van der Waals surface area contributed by atoms with Crippen LogP contribution < -0.4 is 16.7 Å². The average Bonchev–Trinajstić information content (AvgIpc) is 2.96. The predicted octanol–water partition coefficient (Wildman–Crippen LogP) is 0.946. The Morgan fingerprint density at radius 2 is 2.15 bits per heavy atom. The molecule has 1 amide bonds. The largest absolute Gasteiger partial charge is 0.393 e. The molecule has 3 aromatic rings. The number of nitrogen functional groups attached to an aromatic ring is 1. The van der Waals surface area contributed by atoms with Crippen LogP contribution >= 0.6 is 0 Å². The van der Waals surface area contributed by atoms with Crippen molar-refractivity contribution in [1.29, 1.82) is 0 Å². The number of nitro benzene ring substituents is 1. The number of carbonyl (C=O) groups is 1. The normalized spacial score (nSPS) is 10.9. The summed E-state index contributed by atoms with van der Waals surface area (Å²) >= 11 is 0. The third kappa shape index (κ3) is 3.61. The second kappa shape index (κ2) is 7.23. The molecule has 0 radical (unpaired) electrons. The second-order valence-electron chi connectivity index (χ2n) is 5.69. The fourth-order valence-corrected chi connectivity index (χ4v) is 2.58. The molecule has 0 aliphatic rings. The summed E-state index contributed by atoms with van der Waals surface area (Å²) in [4.78, 5) is 34.3. The maximum Gasteiger partial charge on any atom is 0.350 e. The number of hydrogen-bond donors (Lipinski definition) is 2. The highest BCUT2D eigenvalue weighted by Crippen LogP contribution is 2.26. The number of nitrogens with two attached hydrogens (primary N) is 1. The first-order chi connectivity index (χ1) is 12.9. The molecule has 1 aromatic carbocycles. The van der Waals surface area contributed by atoms with E-state index in [1.54, 1.807) is 24.4 Å². The molecule has 2 aromatic heterocycles. The van der Waals surface area contributed by atoms with Crippen LogP contribution in [0.4, 0.5) is 15.8 Å². The first-order valence-electron chi connectivity index (χ1n) is 7.94. The molecule has 0 spiro atoms. The van der Waals surface area contributed by atoms with Crippen LogP contribution in [0.25, 0.3) is 5.65 Å². The minimum absolute atomic E-state index is 0.142. The van der Waals surface area contributed by atoms with Gasteiger partial charge < -0.3 is 11.1 Å². The molecule has 0 unspecified atom stereocenters. The summed E-state index contributed by atoms with van der Waals surface area (Å²) in [6.45, 7) is 0.391. The summed E-state index contributed by atoms with van der Waals surface area (Å²) in [5.74, 6) is -1.67. The van der Waals surface area contributed by atoms with Crippen molar-refractivity contribution in [3.05, 3.63) is 68.5 Å². The number of nitrogens with zero attached hydrogens (tertiary/aromatic N) is 4. The molecule has 0 aliphatic heterocycles. The van der Waals surface area contributed by atoms with E-state index in [4.69, 9.17) is 5.73 Å². The fraction of sp³-hybridized carbons (Fsp3) is 0.188. The van der Waals surface area contributed by atoms with E-state index in [2.05, 4.69) is 10.4 Å². The highest BCUT2D eigenvalue weighted by atomic mass is 19.1. The van der Waals surface area contributed by atoms with Crippen molar-refractivity contribution in [3.8, 4) is 0 Å². The van der Waals surface area contributed by atoms with E-state index in [-0.39, 0.29) is 24.3 Å². The van der Waals surface area contributed by atoms with Crippen molar-refractivity contribution in [2.45, 2.75) is 13.0 Å². The molecule has 3 rings (SSSR count). The molecule has 0 saturated heterocycles. The van der Waals surface area contributed by atoms with E-state index < -0.39 is 28.0 Å². The van der Waals surface area contributed by atoms with Crippen molar-refractivity contribution in [2.24, 2.45) is 0 Å². The Balaban J connectivity index is 1.64. The summed E-state index contributed by atoms with van der Waals surface area (Å²) in [6.07, 6.45) is 1.97. The number of carbonyl (C=O) groups excluding carboxylic acids is 1. The van der Waals surface area contributed by atoms with Crippen LogP contribution in [0.1, 0.15) is 16.8 Å². The Hall–Kier alpha value is -3.76. The molecule has 0 saturated carbocycles. The summed E-state index contributed by atoms with van der Waals surface area (Å²) < 4.78 is 16.2. The van der Waals surface area contributed by atoms with E-state index >= 15 is 0 Å². The van der Waals surface area contributed by atoms with Gasteiger partial charge in [0.05, 0.1) is 16.6 Å². The lowest BCUT2D eigenvalue weighted by molar-refractivity contribution is -0.384. The topological polar surface area (TPSA) is 138 Å². The number of fused-ring (bicyclic) bond motifs is 1. The maximum atomic E-state index is 13.5. The van der Waals surface area contributed by atoms with Gasteiger partial charge in [-0.15, -0.1) is 5.10 Å². The molecule has 3 N–H and O–H groups in total. The molecule has 0 aliphatic carbocycles. The van der Waals surface area contributed by atoms with Crippen molar-refractivity contribution in [2.75, 3.05) is 12.3 Å². The van der Waals surface area contributed by atoms with Crippen LogP contribution in [0.2, 0.25) is 0 Å². The predicted molar refractivity (Wildman–Crippen MR) is 93.9 cm³/mol. The zero-order chi connectivity index (χ0) is 19.6. The molecule has 10 nitrogen and oxygen atoms in total. The number of nitrogens with one attached hydrogen (secondary N) is 1. The number of pyridine rings is 1. The van der Waals surface area contributed by atoms with Crippen molar-refractivity contribution < 1.29 is 14.1 Å². The first kappa shape index (κ1) is 18.0. The second-order valence-corrected chi connectivity index (χ2v) is 5.69. The van der Waals surface area contributed by atoms with Crippen LogP contribution in [0.15, 0.2) is 41.3 Å². The van der Waals surface area contributed by atoms with Gasteiger partial charge in [0, 0.05) is 19.3 Å². The smallest absolute Gasteiger partial charge is 0.350 e. The fourth-order valence-electron chi connectivity index (χ4n) is 2.58. The van der Waals surface area contributed by atoms with E-state index in [0.717, 1.165) is 6.07 Å². The Kier molecular flexibility index (Phi) is 4.83. The minimum atomic E-state index is -0.933. The molecular weight excluding hydrogens is 359 g/mol. The number of hydrogen-bond acceptors (Lipinski definition) is 6. The van der Waals surface area contributed by atoms with Crippen LogP contribution in [-0.4, -0.2) is 31.6 Å². The van der Waals surface area contributed by atoms with Crippen LogP contribution in [0.5, 0.6) is 0 Å². The van der Waals surface area contributed by atoms with Gasteiger partial charge in [0.1, 0.15) is 11.5 Å². The molecule has 27 heavy (non-hydrogen) atoms. The Bertz CT molecular complexity index is 1090. The Morgan fingerprint density at radius 3 is 2.85 bits per heavy atom. The lowest BCUT2D eigenvalue weighted by Crippen LogP contribution is -2.28. The lowest BCUT2D eigenvalue weighted by Gasteiger charge is -2.08. The first-order valence-corrected chi connectivity index (χ1v) is 7.94. The third-order valence-electron chi connectivity index (χ3n) is 3.88. The van der Waals surface area contributed by atoms with Gasteiger partial charge in [0.15, 0.2) is 5.65 Å².